The van der Waals surface area contributed by atoms with Crippen molar-refractivity contribution < 1.29 is 0 Å². The van der Waals surface area contributed by atoms with Crippen LogP contribution in [0.25, 0.3) is 82.8 Å². The first-order chi connectivity index (χ1) is 31.0. The number of aromatic nitrogens is 1. The Morgan fingerprint density at radius 3 is 1.70 bits per heavy atom. The third kappa shape index (κ3) is 5.86. The van der Waals surface area contributed by atoms with E-state index in [9.17, 15) is 0 Å². The summed E-state index contributed by atoms with van der Waals surface area (Å²) in [5.41, 5.74) is 19.3. The maximum Gasteiger partial charge on any atom is 0.0562 e. The van der Waals surface area contributed by atoms with Gasteiger partial charge < -0.3 is 9.47 Å². The van der Waals surface area contributed by atoms with E-state index >= 15 is 0 Å². The molecular formula is C61H44N2. The van der Waals surface area contributed by atoms with Crippen LogP contribution >= 0.6 is 0 Å². The second kappa shape index (κ2) is 14.6. The summed E-state index contributed by atoms with van der Waals surface area (Å²) in [5.74, 6) is 0. The van der Waals surface area contributed by atoms with Gasteiger partial charge in [-0.15, -0.1) is 0 Å². The van der Waals surface area contributed by atoms with Crippen molar-refractivity contribution in [2.75, 3.05) is 4.90 Å². The van der Waals surface area contributed by atoms with Gasteiger partial charge in [0.15, 0.2) is 0 Å². The molecule has 0 N–H and O–H groups in total. The van der Waals surface area contributed by atoms with Gasteiger partial charge in [-0.25, -0.2) is 0 Å². The lowest BCUT2D eigenvalue weighted by Gasteiger charge is -2.30. The third-order valence-electron chi connectivity index (χ3n) is 13.4. The Balaban J connectivity index is 1.11. The molecule has 0 saturated heterocycles. The summed E-state index contributed by atoms with van der Waals surface area (Å²) in [6.45, 7) is 4.75. The van der Waals surface area contributed by atoms with Gasteiger partial charge in [-0.1, -0.05) is 202 Å². The van der Waals surface area contributed by atoms with E-state index in [1.54, 1.807) is 0 Å². The van der Waals surface area contributed by atoms with Crippen LogP contribution in [-0.2, 0) is 5.41 Å². The number of fused-ring (bicyclic) bond motifs is 7. The van der Waals surface area contributed by atoms with Crippen molar-refractivity contribution in [2.24, 2.45) is 0 Å². The molecule has 0 fully saturated rings. The van der Waals surface area contributed by atoms with Crippen LogP contribution < -0.4 is 4.90 Å². The number of nitrogens with zero attached hydrogens (tertiary/aromatic N) is 2. The van der Waals surface area contributed by atoms with Crippen molar-refractivity contribution >= 4 is 49.6 Å². The molecule has 0 spiro atoms. The van der Waals surface area contributed by atoms with Gasteiger partial charge in [-0.2, -0.15) is 0 Å². The Labute approximate surface area is 368 Å². The Morgan fingerprint density at radius 1 is 0.349 bits per heavy atom. The molecule has 1 aliphatic carbocycles. The molecule has 0 bridgehead atoms. The van der Waals surface area contributed by atoms with E-state index < -0.39 is 0 Å². The van der Waals surface area contributed by atoms with Gasteiger partial charge in [0.1, 0.15) is 0 Å². The van der Waals surface area contributed by atoms with E-state index in [1.807, 2.05) is 0 Å². The zero-order chi connectivity index (χ0) is 42.1. The Morgan fingerprint density at radius 2 is 0.905 bits per heavy atom. The molecule has 2 nitrogen and oxygen atoms in total. The van der Waals surface area contributed by atoms with E-state index in [1.165, 1.54) is 82.7 Å². The Hall–Kier alpha value is -7.94. The van der Waals surface area contributed by atoms with Gasteiger partial charge in [0.2, 0.25) is 0 Å². The quantitative estimate of drug-likeness (QED) is 0.156. The third-order valence-corrected chi connectivity index (χ3v) is 13.4. The van der Waals surface area contributed by atoms with E-state index in [-0.39, 0.29) is 5.41 Å². The average Bonchev–Trinajstić information content (AvgIpc) is 3.80. The average molecular weight is 805 g/mol. The fraction of sp³-hybridized carbons (Fsp3) is 0.0492. The molecule has 0 saturated carbocycles. The van der Waals surface area contributed by atoms with Gasteiger partial charge in [-0.05, 0) is 97.9 Å². The Bertz CT molecular complexity index is 3520. The number of rotatable bonds is 7. The van der Waals surface area contributed by atoms with E-state index in [0.29, 0.717) is 0 Å². The first kappa shape index (κ1) is 36.9. The van der Waals surface area contributed by atoms with Crippen LogP contribution in [0.15, 0.2) is 231 Å². The molecule has 0 aliphatic heterocycles. The summed E-state index contributed by atoms with van der Waals surface area (Å²) >= 11 is 0. The van der Waals surface area contributed by atoms with E-state index in [0.717, 1.165) is 28.3 Å². The second-order valence-corrected chi connectivity index (χ2v) is 17.3. The first-order valence-corrected chi connectivity index (χ1v) is 21.9. The molecule has 0 radical (unpaired) electrons. The number of anilines is 3. The van der Waals surface area contributed by atoms with Crippen LogP contribution in [0.1, 0.15) is 25.0 Å². The van der Waals surface area contributed by atoms with Gasteiger partial charge >= 0.3 is 0 Å². The van der Waals surface area contributed by atoms with Crippen molar-refractivity contribution in [3.63, 3.8) is 0 Å². The van der Waals surface area contributed by atoms with E-state index in [2.05, 4.69) is 254 Å². The minimum Gasteiger partial charge on any atom is -0.309 e. The van der Waals surface area contributed by atoms with Gasteiger partial charge in [0.05, 0.1) is 28.1 Å². The predicted octanol–water partition coefficient (Wildman–Crippen LogP) is 16.7. The number of hydrogen-bond acceptors (Lipinski definition) is 1. The maximum absolute atomic E-state index is 2.53. The highest BCUT2D eigenvalue weighted by Gasteiger charge is 2.36. The molecular weight excluding hydrogens is 761 g/mol. The van der Waals surface area contributed by atoms with Crippen molar-refractivity contribution in [1.29, 1.82) is 0 Å². The highest BCUT2D eigenvalue weighted by Crippen LogP contribution is 2.53. The van der Waals surface area contributed by atoms with Crippen LogP contribution in [-0.4, -0.2) is 4.57 Å². The van der Waals surface area contributed by atoms with Crippen molar-refractivity contribution in [1.82, 2.24) is 4.57 Å². The molecule has 2 heteroatoms. The minimum absolute atomic E-state index is 0.158. The minimum atomic E-state index is -0.158. The molecule has 0 atom stereocenters. The van der Waals surface area contributed by atoms with Crippen LogP contribution in [0.3, 0.4) is 0 Å². The molecule has 1 heterocycles. The van der Waals surface area contributed by atoms with Crippen molar-refractivity contribution in [3.8, 4) is 50.2 Å². The SMILES string of the molecule is CC1(C)c2ccccc2-c2ccc(N(c3ccc(-c4ccc(-c5ccccc5)cc4)c4ccccc34)c3cccc4c3c3ccccc3n4-c3ccccc3-c3ccccc3)cc21. The molecule has 298 valence electrons. The van der Waals surface area contributed by atoms with Gasteiger partial charge in [0, 0.05) is 32.8 Å². The summed E-state index contributed by atoms with van der Waals surface area (Å²) in [6.07, 6.45) is 0. The van der Waals surface area contributed by atoms with Gasteiger partial charge in [0.25, 0.3) is 0 Å². The molecule has 0 unspecified atom stereocenters. The predicted molar refractivity (Wildman–Crippen MR) is 267 cm³/mol. The molecule has 1 aliphatic rings. The normalized spacial score (nSPS) is 12.7. The van der Waals surface area contributed by atoms with Crippen LogP contribution in [0, 0.1) is 0 Å². The lowest BCUT2D eigenvalue weighted by atomic mass is 9.82. The van der Waals surface area contributed by atoms with Crippen molar-refractivity contribution in [2.45, 2.75) is 19.3 Å². The summed E-state index contributed by atoms with van der Waals surface area (Å²) in [4.78, 5) is 2.53. The highest BCUT2D eigenvalue weighted by atomic mass is 15.1. The first-order valence-electron chi connectivity index (χ1n) is 21.9. The summed E-state index contributed by atoms with van der Waals surface area (Å²) in [5, 5.41) is 4.83. The van der Waals surface area contributed by atoms with Crippen molar-refractivity contribution in [3.05, 3.63) is 242 Å². The molecule has 12 rings (SSSR count). The number of benzene rings is 10. The fourth-order valence-corrected chi connectivity index (χ4v) is 10.4. The molecule has 10 aromatic carbocycles. The van der Waals surface area contributed by atoms with Crippen LogP contribution in [0.2, 0.25) is 0 Å². The Kier molecular flexibility index (Phi) is 8.55. The summed E-state index contributed by atoms with van der Waals surface area (Å²) in [6, 6.07) is 84.7. The smallest absolute Gasteiger partial charge is 0.0562 e. The standard InChI is InChI=1S/C61H44N2/c1-61(2)53-27-14-11-24-49(53)50-37-36-45(40-54(50)61)62(57-39-38-46(48-23-9-10-25-51(48)57)44-34-32-42(33-35-44)41-18-5-3-6-19-41)58-30-17-31-59-60(58)52-26-13-16-29-56(52)63(59)55-28-15-12-22-47(55)43-20-7-4-8-21-43/h3-40H,1-2H3. The highest BCUT2D eigenvalue weighted by molar-refractivity contribution is 6.18. The lowest BCUT2D eigenvalue weighted by molar-refractivity contribution is 0.660. The molecule has 0 amide bonds. The zero-order valence-electron chi connectivity index (χ0n) is 35.3. The largest absolute Gasteiger partial charge is 0.309 e. The number of para-hydroxylation sites is 2. The fourth-order valence-electron chi connectivity index (χ4n) is 10.4. The number of hydrogen-bond donors (Lipinski definition) is 0. The summed E-state index contributed by atoms with van der Waals surface area (Å²) in [7, 11) is 0. The zero-order valence-corrected chi connectivity index (χ0v) is 35.3. The maximum atomic E-state index is 2.53. The lowest BCUT2D eigenvalue weighted by Crippen LogP contribution is -2.16. The molecule has 11 aromatic rings. The van der Waals surface area contributed by atoms with Gasteiger partial charge in [-0.3, -0.25) is 0 Å². The molecule has 63 heavy (non-hydrogen) atoms. The molecule has 1 aromatic heterocycles. The summed E-state index contributed by atoms with van der Waals surface area (Å²) < 4.78 is 2.47. The van der Waals surface area contributed by atoms with Crippen LogP contribution in [0.5, 0.6) is 0 Å². The second-order valence-electron chi connectivity index (χ2n) is 17.3. The monoisotopic (exact) mass is 804 g/mol. The van der Waals surface area contributed by atoms with E-state index in [4.69, 9.17) is 0 Å². The topological polar surface area (TPSA) is 8.17 Å². The van der Waals surface area contributed by atoms with Crippen LogP contribution in [0.4, 0.5) is 17.1 Å².